The Bertz CT molecular complexity index is 1040. The summed E-state index contributed by atoms with van der Waals surface area (Å²) in [7, 11) is 2.12. The second-order valence-corrected chi connectivity index (χ2v) is 8.85. The van der Waals surface area contributed by atoms with Gasteiger partial charge in [0.25, 0.3) is 5.91 Å². The number of amides is 1. The SMILES string of the molecule is CN1CCCC2CC(NC(=O)C(=N)c3ccc(-c4cccc(C(F)(F)F)c4)cc3N)CC21. The number of piperidine rings is 1. The van der Waals surface area contributed by atoms with E-state index in [1.54, 1.807) is 12.1 Å². The summed E-state index contributed by atoms with van der Waals surface area (Å²) in [5, 5.41) is 11.3. The van der Waals surface area contributed by atoms with Crippen molar-refractivity contribution in [1.29, 1.82) is 5.41 Å². The van der Waals surface area contributed by atoms with Crippen molar-refractivity contribution in [2.75, 3.05) is 19.3 Å². The summed E-state index contributed by atoms with van der Waals surface area (Å²) in [4.78, 5) is 15.1. The highest BCUT2D eigenvalue weighted by atomic mass is 19.4. The molecule has 2 aromatic rings. The van der Waals surface area contributed by atoms with Gasteiger partial charge in [-0.15, -0.1) is 0 Å². The normalized spacial score (nSPS) is 23.6. The van der Waals surface area contributed by atoms with Crippen LogP contribution in [0.15, 0.2) is 42.5 Å². The van der Waals surface area contributed by atoms with Crippen molar-refractivity contribution in [1.82, 2.24) is 10.2 Å². The largest absolute Gasteiger partial charge is 0.416 e. The molecule has 4 rings (SSSR count). The van der Waals surface area contributed by atoms with E-state index in [2.05, 4.69) is 17.3 Å². The van der Waals surface area contributed by atoms with E-state index in [1.165, 1.54) is 31.0 Å². The van der Waals surface area contributed by atoms with Crippen LogP contribution in [0.5, 0.6) is 0 Å². The van der Waals surface area contributed by atoms with E-state index in [0.717, 1.165) is 31.5 Å². The third-order valence-electron chi connectivity index (χ3n) is 6.72. The number of fused-ring (bicyclic) bond motifs is 1. The fourth-order valence-corrected chi connectivity index (χ4v) is 5.06. The molecular formula is C24H27F3N4O. The molecule has 1 saturated heterocycles. The molecule has 1 amide bonds. The number of likely N-dealkylation sites (tertiary alicyclic amines) is 1. The Morgan fingerprint density at radius 2 is 1.91 bits per heavy atom. The maximum absolute atomic E-state index is 13.0. The molecule has 4 N–H and O–H groups in total. The number of nitrogens with zero attached hydrogens (tertiary/aromatic N) is 1. The smallest absolute Gasteiger partial charge is 0.398 e. The number of carbonyl (C=O) groups is 1. The van der Waals surface area contributed by atoms with Crippen LogP contribution in [0.1, 0.15) is 36.8 Å². The van der Waals surface area contributed by atoms with E-state index in [-0.39, 0.29) is 23.0 Å². The number of nitrogen functional groups attached to an aromatic ring is 1. The molecule has 2 aromatic carbocycles. The van der Waals surface area contributed by atoms with Gasteiger partial charge in [0.05, 0.1) is 5.56 Å². The molecule has 0 spiro atoms. The number of nitrogens with two attached hydrogens (primary N) is 1. The molecule has 2 fully saturated rings. The lowest BCUT2D eigenvalue weighted by Gasteiger charge is -2.34. The number of hydrogen-bond donors (Lipinski definition) is 3. The van der Waals surface area contributed by atoms with E-state index in [9.17, 15) is 18.0 Å². The first-order chi connectivity index (χ1) is 15.1. The van der Waals surface area contributed by atoms with Gasteiger partial charge in [-0.1, -0.05) is 18.2 Å². The average Bonchev–Trinajstić information content (AvgIpc) is 3.16. The van der Waals surface area contributed by atoms with Gasteiger partial charge in [0.1, 0.15) is 5.71 Å². The zero-order valence-corrected chi connectivity index (χ0v) is 17.9. The van der Waals surface area contributed by atoms with Gasteiger partial charge in [-0.05, 0) is 80.6 Å². The van der Waals surface area contributed by atoms with Gasteiger partial charge in [-0.2, -0.15) is 13.2 Å². The van der Waals surface area contributed by atoms with Gasteiger partial charge in [0.2, 0.25) is 0 Å². The number of carbonyl (C=O) groups excluding carboxylic acids is 1. The molecule has 8 heteroatoms. The van der Waals surface area contributed by atoms with Crippen LogP contribution in [0.4, 0.5) is 18.9 Å². The first-order valence-corrected chi connectivity index (χ1v) is 10.8. The number of alkyl halides is 3. The highest BCUT2D eigenvalue weighted by Crippen LogP contribution is 2.36. The number of rotatable bonds is 4. The van der Waals surface area contributed by atoms with Gasteiger partial charge >= 0.3 is 6.18 Å². The Morgan fingerprint density at radius 3 is 2.59 bits per heavy atom. The highest BCUT2D eigenvalue weighted by molar-refractivity contribution is 6.45. The van der Waals surface area contributed by atoms with E-state index in [1.807, 2.05) is 0 Å². The Kier molecular flexibility index (Phi) is 5.99. The van der Waals surface area contributed by atoms with Crippen LogP contribution in [0.2, 0.25) is 0 Å². The molecule has 1 aliphatic carbocycles. The van der Waals surface area contributed by atoms with Crippen molar-refractivity contribution in [3.63, 3.8) is 0 Å². The van der Waals surface area contributed by atoms with Crippen molar-refractivity contribution in [3.05, 3.63) is 53.6 Å². The molecular weight excluding hydrogens is 417 g/mol. The number of nitrogens with one attached hydrogen (secondary N) is 2. The molecule has 5 nitrogen and oxygen atoms in total. The maximum Gasteiger partial charge on any atom is 0.416 e. The Labute approximate surface area is 185 Å². The van der Waals surface area contributed by atoms with Crippen molar-refractivity contribution in [3.8, 4) is 11.1 Å². The molecule has 1 saturated carbocycles. The predicted molar refractivity (Wildman–Crippen MR) is 118 cm³/mol. The molecule has 3 unspecified atom stereocenters. The molecule has 32 heavy (non-hydrogen) atoms. The number of benzene rings is 2. The van der Waals surface area contributed by atoms with Crippen molar-refractivity contribution in [2.45, 2.75) is 43.9 Å². The summed E-state index contributed by atoms with van der Waals surface area (Å²) < 4.78 is 39.0. The Morgan fingerprint density at radius 1 is 1.16 bits per heavy atom. The summed E-state index contributed by atoms with van der Waals surface area (Å²) >= 11 is 0. The quantitative estimate of drug-likeness (QED) is 0.486. The van der Waals surface area contributed by atoms with Gasteiger partial charge in [-0.3, -0.25) is 10.2 Å². The van der Waals surface area contributed by atoms with Crippen LogP contribution < -0.4 is 11.1 Å². The van der Waals surface area contributed by atoms with E-state index < -0.39 is 17.6 Å². The molecule has 1 heterocycles. The molecule has 3 atom stereocenters. The fraction of sp³-hybridized carbons (Fsp3) is 0.417. The molecule has 0 aromatic heterocycles. The van der Waals surface area contributed by atoms with Crippen LogP contribution in [0.25, 0.3) is 11.1 Å². The summed E-state index contributed by atoms with van der Waals surface area (Å²) in [5.74, 6) is 0.0971. The predicted octanol–water partition coefficient (Wildman–Crippen LogP) is 4.31. The minimum Gasteiger partial charge on any atom is -0.398 e. The maximum atomic E-state index is 13.0. The Balaban J connectivity index is 1.46. The molecule has 1 aliphatic heterocycles. The second-order valence-electron chi connectivity index (χ2n) is 8.85. The fourth-order valence-electron chi connectivity index (χ4n) is 5.06. The number of halogens is 3. The van der Waals surface area contributed by atoms with Crippen LogP contribution in [-0.2, 0) is 11.0 Å². The average molecular weight is 445 g/mol. The molecule has 170 valence electrons. The summed E-state index contributed by atoms with van der Waals surface area (Å²) in [6.07, 6.45) is -0.303. The summed E-state index contributed by atoms with van der Waals surface area (Å²) in [6, 6.07) is 10.1. The van der Waals surface area contributed by atoms with Crippen molar-refractivity contribution in [2.24, 2.45) is 5.92 Å². The zero-order chi connectivity index (χ0) is 23.0. The minimum atomic E-state index is -4.44. The molecule has 2 aliphatic rings. The lowest BCUT2D eigenvalue weighted by atomic mass is 9.92. The van der Waals surface area contributed by atoms with Gasteiger partial charge in [0.15, 0.2) is 0 Å². The van der Waals surface area contributed by atoms with E-state index in [4.69, 9.17) is 11.1 Å². The van der Waals surface area contributed by atoms with Crippen molar-refractivity contribution >= 4 is 17.3 Å². The third kappa shape index (κ3) is 4.50. The van der Waals surface area contributed by atoms with Crippen LogP contribution in [0.3, 0.4) is 0 Å². The van der Waals surface area contributed by atoms with Crippen LogP contribution in [-0.4, -0.2) is 42.2 Å². The van der Waals surface area contributed by atoms with E-state index in [0.29, 0.717) is 23.1 Å². The number of hydrogen-bond acceptors (Lipinski definition) is 4. The van der Waals surface area contributed by atoms with Crippen LogP contribution in [0, 0.1) is 11.3 Å². The number of anilines is 1. The first-order valence-electron chi connectivity index (χ1n) is 10.8. The second kappa shape index (κ2) is 8.58. The van der Waals surface area contributed by atoms with Gasteiger partial charge < -0.3 is 16.0 Å². The third-order valence-corrected chi connectivity index (χ3v) is 6.72. The lowest BCUT2D eigenvalue weighted by molar-refractivity contribution is -0.137. The topological polar surface area (TPSA) is 82.2 Å². The van der Waals surface area contributed by atoms with E-state index >= 15 is 0 Å². The summed E-state index contributed by atoms with van der Waals surface area (Å²) in [6.45, 7) is 1.08. The van der Waals surface area contributed by atoms with Gasteiger partial charge in [-0.25, -0.2) is 0 Å². The highest BCUT2D eigenvalue weighted by Gasteiger charge is 2.39. The van der Waals surface area contributed by atoms with Crippen LogP contribution >= 0.6 is 0 Å². The lowest BCUT2D eigenvalue weighted by Crippen LogP contribution is -2.41. The molecule has 0 bridgehead atoms. The summed E-state index contributed by atoms with van der Waals surface area (Å²) in [5.41, 5.74) is 6.43. The Hall–Kier alpha value is -2.87. The van der Waals surface area contributed by atoms with Crippen molar-refractivity contribution < 1.29 is 18.0 Å². The zero-order valence-electron chi connectivity index (χ0n) is 17.9. The standard InChI is InChI=1S/C24H27F3N4O/c1-31-9-3-5-16-11-18(13-21(16)31)30-23(32)22(29)19-8-7-15(12-20(19)28)14-4-2-6-17(10-14)24(25,26)27/h2,4,6-8,10,12,16,18,21,29H,3,5,9,11,13,28H2,1H3,(H,30,32). The molecule has 0 radical (unpaired) electrons. The monoisotopic (exact) mass is 444 g/mol. The van der Waals surface area contributed by atoms with Gasteiger partial charge in [0, 0.05) is 23.3 Å². The minimum absolute atomic E-state index is 0.0315. The first kappa shape index (κ1) is 22.3.